The Morgan fingerprint density at radius 1 is 1.06 bits per heavy atom. The molecule has 8 nitrogen and oxygen atoms in total. The van der Waals surface area contributed by atoms with Crippen LogP contribution in [-0.2, 0) is 32.4 Å². The van der Waals surface area contributed by atoms with Crippen molar-refractivity contribution < 1.29 is 27.4 Å². The molecule has 0 aliphatic carbocycles. The molecule has 0 radical (unpaired) electrons. The Balaban J connectivity index is 1.53. The molecule has 2 aromatic carbocycles. The number of sulfonamides is 1. The van der Waals surface area contributed by atoms with Gasteiger partial charge >= 0.3 is 0 Å². The van der Waals surface area contributed by atoms with Crippen LogP contribution in [0, 0.1) is 0 Å². The minimum absolute atomic E-state index is 0.0795. The van der Waals surface area contributed by atoms with Crippen molar-refractivity contribution in [3.63, 3.8) is 0 Å². The van der Waals surface area contributed by atoms with E-state index >= 15 is 0 Å². The summed E-state index contributed by atoms with van der Waals surface area (Å²) in [5.41, 5.74) is 1.85. The Morgan fingerprint density at radius 2 is 1.85 bits per heavy atom. The molecule has 2 aromatic rings. The van der Waals surface area contributed by atoms with E-state index in [0.717, 1.165) is 24.2 Å². The van der Waals surface area contributed by atoms with Crippen LogP contribution in [0.3, 0.4) is 0 Å². The van der Waals surface area contributed by atoms with Gasteiger partial charge in [-0.2, -0.15) is 4.31 Å². The molecule has 0 unspecified atom stereocenters. The maximum atomic E-state index is 13.0. The first-order valence-electron chi connectivity index (χ1n) is 11.1. The van der Waals surface area contributed by atoms with Crippen molar-refractivity contribution in [2.75, 3.05) is 47.1 Å². The molecule has 1 saturated heterocycles. The van der Waals surface area contributed by atoms with Gasteiger partial charge < -0.3 is 19.5 Å². The molecule has 1 fully saturated rings. The van der Waals surface area contributed by atoms with Crippen LogP contribution in [-0.4, -0.2) is 65.7 Å². The van der Waals surface area contributed by atoms with Crippen LogP contribution in [0.2, 0.25) is 0 Å². The van der Waals surface area contributed by atoms with Crippen LogP contribution in [0.25, 0.3) is 0 Å². The number of hydrogen-bond acceptors (Lipinski definition) is 6. The summed E-state index contributed by atoms with van der Waals surface area (Å²) >= 11 is 0. The van der Waals surface area contributed by atoms with Crippen molar-refractivity contribution in [3.05, 3.63) is 53.6 Å². The number of amides is 1. The number of rotatable bonds is 11. The van der Waals surface area contributed by atoms with Gasteiger partial charge in [0.05, 0.1) is 32.3 Å². The minimum Gasteiger partial charge on any atom is -0.497 e. The first-order chi connectivity index (χ1) is 15.9. The molecular weight excluding hydrogens is 444 g/mol. The lowest BCUT2D eigenvalue weighted by molar-refractivity contribution is -0.121. The van der Waals surface area contributed by atoms with E-state index in [-0.39, 0.29) is 17.2 Å². The molecule has 0 saturated carbocycles. The van der Waals surface area contributed by atoms with E-state index in [1.807, 2.05) is 24.3 Å². The molecule has 3 rings (SSSR count). The number of nitrogens with zero attached hydrogens (tertiary/aromatic N) is 1. The number of carbonyl (C=O) groups is 1. The van der Waals surface area contributed by atoms with Gasteiger partial charge in [0.25, 0.3) is 0 Å². The van der Waals surface area contributed by atoms with Crippen molar-refractivity contribution in [3.8, 4) is 11.5 Å². The molecule has 1 N–H and O–H groups in total. The predicted octanol–water partition coefficient (Wildman–Crippen LogP) is 2.41. The molecule has 1 amide bonds. The average molecular weight is 477 g/mol. The highest BCUT2D eigenvalue weighted by Crippen LogP contribution is 2.26. The minimum atomic E-state index is -3.61. The highest BCUT2D eigenvalue weighted by atomic mass is 32.2. The molecule has 0 spiro atoms. The molecule has 9 heteroatoms. The van der Waals surface area contributed by atoms with Crippen LogP contribution in [0.1, 0.15) is 24.0 Å². The summed E-state index contributed by atoms with van der Waals surface area (Å²) in [7, 11) is -0.433. The van der Waals surface area contributed by atoms with Crippen LogP contribution in [0.5, 0.6) is 11.5 Å². The second kappa shape index (κ2) is 12.0. The number of carbonyl (C=O) groups excluding carboxylic acids is 1. The summed E-state index contributed by atoms with van der Waals surface area (Å²) in [6, 6.07) is 12.7. The lowest BCUT2D eigenvalue weighted by atomic mass is 10.1. The quantitative estimate of drug-likeness (QED) is 0.501. The topological polar surface area (TPSA) is 94.2 Å². The Hall–Kier alpha value is -2.62. The SMILES string of the molecule is COc1cccc(CCCNC(=O)CCc2cc(S(=O)(=O)N3CCOCC3)ccc2OC)c1. The Kier molecular flexibility index (Phi) is 9.11. The molecule has 1 aliphatic heterocycles. The van der Waals surface area contributed by atoms with Crippen molar-refractivity contribution >= 4 is 15.9 Å². The largest absolute Gasteiger partial charge is 0.497 e. The van der Waals surface area contributed by atoms with Gasteiger partial charge in [0.15, 0.2) is 0 Å². The van der Waals surface area contributed by atoms with Crippen LogP contribution in [0.15, 0.2) is 47.4 Å². The fourth-order valence-electron chi connectivity index (χ4n) is 3.73. The van der Waals surface area contributed by atoms with Crippen LogP contribution < -0.4 is 14.8 Å². The molecule has 0 aromatic heterocycles. The van der Waals surface area contributed by atoms with E-state index < -0.39 is 10.0 Å². The fraction of sp³-hybridized carbons (Fsp3) is 0.458. The third-order valence-corrected chi connectivity index (χ3v) is 7.47. The molecule has 180 valence electrons. The second-order valence-corrected chi connectivity index (χ2v) is 9.73. The number of benzene rings is 2. The predicted molar refractivity (Wildman–Crippen MR) is 125 cm³/mol. The summed E-state index contributed by atoms with van der Waals surface area (Å²) in [6.07, 6.45) is 2.29. The number of morpholine rings is 1. The summed E-state index contributed by atoms with van der Waals surface area (Å²) in [5, 5.41) is 2.93. The van der Waals surface area contributed by atoms with Gasteiger partial charge in [-0.3, -0.25) is 4.79 Å². The molecule has 0 atom stereocenters. The van der Waals surface area contributed by atoms with Gasteiger partial charge in [-0.1, -0.05) is 12.1 Å². The van der Waals surface area contributed by atoms with Crippen molar-refractivity contribution in [1.82, 2.24) is 9.62 Å². The van der Waals surface area contributed by atoms with E-state index in [1.165, 1.54) is 11.4 Å². The maximum Gasteiger partial charge on any atom is 0.243 e. The molecule has 33 heavy (non-hydrogen) atoms. The first kappa shape index (κ1) is 25.0. The Labute approximate surface area is 195 Å². The lowest BCUT2D eigenvalue weighted by Crippen LogP contribution is -2.40. The smallest absolute Gasteiger partial charge is 0.243 e. The summed E-state index contributed by atoms with van der Waals surface area (Å²) in [5.74, 6) is 1.31. The molecule has 1 heterocycles. The second-order valence-electron chi connectivity index (χ2n) is 7.80. The van der Waals surface area contributed by atoms with Crippen molar-refractivity contribution in [2.45, 2.75) is 30.6 Å². The van der Waals surface area contributed by atoms with Gasteiger partial charge in [0.2, 0.25) is 15.9 Å². The zero-order valence-corrected chi connectivity index (χ0v) is 20.0. The van der Waals surface area contributed by atoms with Gasteiger partial charge in [-0.15, -0.1) is 0 Å². The number of ether oxygens (including phenoxy) is 3. The first-order valence-corrected chi connectivity index (χ1v) is 12.5. The Bertz CT molecular complexity index is 1040. The van der Waals surface area contributed by atoms with Gasteiger partial charge in [-0.25, -0.2) is 8.42 Å². The summed E-state index contributed by atoms with van der Waals surface area (Å²) in [6.45, 7) is 2.02. The monoisotopic (exact) mass is 476 g/mol. The number of methoxy groups -OCH3 is 2. The highest BCUT2D eigenvalue weighted by molar-refractivity contribution is 7.89. The van der Waals surface area contributed by atoms with Crippen molar-refractivity contribution in [1.29, 1.82) is 0 Å². The lowest BCUT2D eigenvalue weighted by Gasteiger charge is -2.26. The molecule has 0 bridgehead atoms. The normalized spacial score (nSPS) is 14.6. The fourth-order valence-corrected chi connectivity index (χ4v) is 5.19. The third-order valence-electron chi connectivity index (χ3n) is 5.58. The summed E-state index contributed by atoms with van der Waals surface area (Å²) < 4.78 is 43.2. The maximum absolute atomic E-state index is 13.0. The third kappa shape index (κ3) is 6.93. The van der Waals surface area contributed by atoms with E-state index in [4.69, 9.17) is 14.2 Å². The molecular formula is C24H32N2O6S. The van der Waals surface area contributed by atoms with E-state index in [0.29, 0.717) is 50.6 Å². The van der Waals surface area contributed by atoms with Crippen LogP contribution in [0.4, 0.5) is 0 Å². The van der Waals surface area contributed by atoms with E-state index in [2.05, 4.69) is 5.32 Å². The zero-order valence-electron chi connectivity index (χ0n) is 19.2. The van der Waals surface area contributed by atoms with Crippen LogP contribution >= 0.6 is 0 Å². The number of aryl methyl sites for hydroxylation is 2. The summed E-state index contributed by atoms with van der Waals surface area (Å²) in [4.78, 5) is 12.6. The van der Waals surface area contributed by atoms with Gasteiger partial charge in [0, 0.05) is 26.1 Å². The highest BCUT2D eigenvalue weighted by Gasteiger charge is 2.27. The zero-order chi connectivity index (χ0) is 23.7. The number of hydrogen-bond donors (Lipinski definition) is 1. The standard InChI is InChI=1S/C24H32N2O6S/c1-30-21-7-3-5-19(17-21)6-4-12-25-24(27)11-8-20-18-22(9-10-23(20)31-2)33(28,29)26-13-15-32-16-14-26/h3,5,7,9-10,17-18H,4,6,8,11-16H2,1-2H3,(H,25,27). The van der Waals surface area contributed by atoms with Crippen molar-refractivity contribution in [2.24, 2.45) is 0 Å². The average Bonchev–Trinajstić information content (AvgIpc) is 2.85. The van der Waals surface area contributed by atoms with E-state index in [1.54, 1.807) is 25.3 Å². The van der Waals surface area contributed by atoms with E-state index in [9.17, 15) is 13.2 Å². The molecule has 1 aliphatic rings. The Morgan fingerprint density at radius 3 is 2.58 bits per heavy atom. The van der Waals surface area contributed by atoms with Gasteiger partial charge in [0.1, 0.15) is 11.5 Å². The van der Waals surface area contributed by atoms with Gasteiger partial charge in [-0.05, 0) is 60.7 Å². The number of nitrogens with one attached hydrogen (secondary N) is 1.